The van der Waals surface area contributed by atoms with Crippen molar-refractivity contribution in [3.8, 4) is 0 Å². The zero-order valence-electron chi connectivity index (χ0n) is 10.3. The Bertz CT molecular complexity index is 673. The Balaban J connectivity index is 1.92. The summed E-state index contributed by atoms with van der Waals surface area (Å²) in [6.07, 6.45) is 3.55. The van der Waals surface area contributed by atoms with Crippen LogP contribution in [-0.2, 0) is 6.54 Å². The summed E-state index contributed by atoms with van der Waals surface area (Å²) in [6.45, 7) is 2.59. The fourth-order valence-electron chi connectivity index (χ4n) is 1.97. The van der Waals surface area contributed by atoms with Gasteiger partial charge in [-0.05, 0) is 17.5 Å². The molecule has 3 aromatic heterocycles. The Morgan fingerprint density at radius 3 is 3.06 bits per heavy atom. The van der Waals surface area contributed by atoms with Crippen molar-refractivity contribution in [3.63, 3.8) is 0 Å². The van der Waals surface area contributed by atoms with Gasteiger partial charge in [0.05, 0.1) is 28.1 Å². The molecular formula is C13H13N3OS. The predicted octanol–water partition coefficient (Wildman–Crippen LogP) is 3.23. The summed E-state index contributed by atoms with van der Waals surface area (Å²) in [4.78, 5) is 10.8. The lowest BCUT2D eigenvalue weighted by Crippen LogP contribution is -2.16. The molecule has 0 saturated heterocycles. The first-order valence-corrected chi connectivity index (χ1v) is 6.56. The predicted molar refractivity (Wildman–Crippen MR) is 73.0 cm³/mol. The number of pyridine rings is 1. The number of oxazole rings is 1. The van der Waals surface area contributed by atoms with E-state index in [0.717, 1.165) is 17.8 Å². The Labute approximate surface area is 109 Å². The third kappa shape index (κ3) is 1.97. The lowest BCUT2D eigenvalue weighted by molar-refractivity contribution is 0.520. The van der Waals surface area contributed by atoms with E-state index >= 15 is 0 Å². The van der Waals surface area contributed by atoms with Crippen LogP contribution in [0.4, 0.5) is 5.69 Å². The van der Waals surface area contributed by atoms with Crippen LogP contribution in [-0.4, -0.2) is 17.0 Å². The third-order valence-corrected chi connectivity index (χ3v) is 3.73. The van der Waals surface area contributed by atoms with E-state index in [1.807, 2.05) is 25.3 Å². The van der Waals surface area contributed by atoms with E-state index in [1.165, 1.54) is 10.4 Å². The van der Waals surface area contributed by atoms with Gasteiger partial charge in [0.25, 0.3) is 0 Å². The van der Waals surface area contributed by atoms with Gasteiger partial charge in [-0.2, -0.15) is 0 Å². The SMILES string of the molecule is Cc1nc(CN(C)c2ccnc3ccsc23)co1. The number of aryl methyl sites for hydroxylation is 1. The first kappa shape index (κ1) is 11.2. The van der Waals surface area contributed by atoms with E-state index in [9.17, 15) is 0 Å². The number of rotatable bonds is 3. The maximum atomic E-state index is 5.23. The minimum Gasteiger partial charge on any atom is -0.449 e. The quantitative estimate of drug-likeness (QED) is 0.724. The maximum absolute atomic E-state index is 5.23. The topological polar surface area (TPSA) is 42.2 Å². The van der Waals surface area contributed by atoms with Gasteiger partial charge < -0.3 is 9.32 Å². The van der Waals surface area contributed by atoms with E-state index in [1.54, 1.807) is 17.6 Å². The molecule has 3 heterocycles. The van der Waals surface area contributed by atoms with Crippen molar-refractivity contribution in [1.82, 2.24) is 9.97 Å². The van der Waals surface area contributed by atoms with E-state index in [0.29, 0.717) is 5.89 Å². The van der Waals surface area contributed by atoms with Crippen LogP contribution in [0.15, 0.2) is 34.4 Å². The smallest absolute Gasteiger partial charge is 0.191 e. The minimum atomic E-state index is 0.703. The molecule has 0 atom stereocenters. The molecule has 0 aliphatic rings. The fraction of sp³-hybridized carbons (Fsp3) is 0.231. The van der Waals surface area contributed by atoms with Gasteiger partial charge in [0.15, 0.2) is 5.89 Å². The summed E-state index contributed by atoms with van der Waals surface area (Å²) in [6, 6.07) is 4.07. The van der Waals surface area contributed by atoms with E-state index in [2.05, 4.69) is 27.3 Å². The molecule has 3 aromatic rings. The van der Waals surface area contributed by atoms with Crippen molar-refractivity contribution in [2.24, 2.45) is 0 Å². The van der Waals surface area contributed by atoms with E-state index in [-0.39, 0.29) is 0 Å². The zero-order valence-corrected chi connectivity index (χ0v) is 11.1. The van der Waals surface area contributed by atoms with Gasteiger partial charge in [0.1, 0.15) is 6.26 Å². The van der Waals surface area contributed by atoms with Crippen molar-refractivity contribution < 1.29 is 4.42 Å². The van der Waals surface area contributed by atoms with Crippen molar-refractivity contribution in [1.29, 1.82) is 0 Å². The van der Waals surface area contributed by atoms with Crippen LogP contribution in [0.5, 0.6) is 0 Å². The molecule has 0 aliphatic carbocycles. The molecule has 92 valence electrons. The normalized spacial score (nSPS) is 11.0. The van der Waals surface area contributed by atoms with Crippen molar-refractivity contribution in [2.75, 3.05) is 11.9 Å². The highest BCUT2D eigenvalue weighted by Gasteiger charge is 2.10. The molecule has 0 amide bonds. The van der Waals surface area contributed by atoms with Crippen molar-refractivity contribution in [2.45, 2.75) is 13.5 Å². The second kappa shape index (κ2) is 4.42. The number of hydrogen-bond donors (Lipinski definition) is 0. The zero-order chi connectivity index (χ0) is 12.5. The lowest BCUT2D eigenvalue weighted by Gasteiger charge is -2.18. The summed E-state index contributed by atoms with van der Waals surface area (Å²) < 4.78 is 6.43. The van der Waals surface area contributed by atoms with Gasteiger partial charge in [0, 0.05) is 20.2 Å². The van der Waals surface area contributed by atoms with Gasteiger partial charge in [-0.3, -0.25) is 4.98 Å². The molecular weight excluding hydrogens is 246 g/mol. The van der Waals surface area contributed by atoms with Gasteiger partial charge >= 0.3 is 0 Å². The van der Waals surface area contributed by atoms with Crippen LogP contribution < -0.4 is 4.90 Å². The molecule has 0 unspecified atom stereocenters. The Morgan fingerprint density at radius 1 is 1.39 bits per heavy atom. The number of hydrogen-bond acceptors (Lipinski definition) is 5. The number of anilines is 1. The van der Waals surface area contributed by atoms with Gasteiger partial charge in [-0.1, -0.05) is 0 Å². The summed E-state index contributed by atoms with van der Waals surface area (Å²) in [5.74, 6) is 0.703. The molecule has 4 nitrogen and oxygen atoms in total. The summed E-state index contributed by atoms with van der Waals surface area (Å²) in [7, 11) is 2.05. The highest BCUT2D eigenvalue weighted by Crippen LogP contribution is 2.29. The van der Waals surface area contributed by atoms with Gasteiger partial charge in [-0.25, -0.2) is 4.98 Å². The van der Waals surface area contributed by atoms with E-state index < -0.39 is 0 Å². The summed E-state index contributed by atoms with van der Waals surface area (Å²) in [5, 5.41) is 2.06. The minimum absolute atomic E-state index is 0.703. The molecule has 3 rings (SSSR count). The molecule has 5 heteroatoms. The first-order chi connectivity index (χ1) is 8.74. The molecule has 0 fully saturated rings. The number of nitrogens with zero attached hydrogens (tertiary/aromatic N) is 3. The summed E-state index contributed by atoms with van der Waals surface area (Å²) >= 11 is 1.71. The third-order valence-electron chi connectivity index (χ3n) is 2.80. The van der Waals surface area contributed by atoms with Crippen LogP contribution in [0, 0.1) is 6.92 Å². The largest absolute Gasteiger partial charge is 0.449 e. The van der Waals surface area contributed by atoms with Crippen LogP contribution >= 0.6 is 11.3 Å². The molecule has 18 heavy (non-hydrogen) atoms. The average Bonchev–Trinajstić information content (AvgIpc) is 2.97. The van der Waals surface area contributed by atoms with E-state index in [4.69, 9.17) is 4.42 Å². The number of fused-ring (bicyclic) bond motifs is 1. The monoisotopic (exact) mass is 259 g/mol. The molecule has 0 N–H and O–H groups in total. The van der Waals surface area contributed by atoms with Crippen molar-refractivity contribution in [3.05, 3.63) is 41.6 Å². The molecule has 0 radical (unpaired) electrons. The van der Waals surface area contributed by atoms with Crippen LogP contribution in [0.2, 0.25) is 0 Å². The molecule has 0 aromatic carbocycles. The number of thiophene rings is 1. The highest BCUT2D eigenvalue weighted by atomic mass is 32.1. The van der Waals surface area contributed by atoms with Crippen molar-refractivity contribution >= 4 is 27.2 Å². The lowest BCUT2D eigenvalue weighted by atomic mass is 10.3. The van der Waals surface area contributed by atoms with Gasteiger partial charge in [-0.15, -0.1) is 11.3 Å². The second-order valence-electron chi connectivity index (χ2n) is 4.18. The Morgan fingerprint density at radius 2 is 2.28 bits per heavy atom. The molecule has 0 aliphatic heterocycles. The molecule has 0 saturated carbocycles. The fourth-order valence-corrected chi connectivity index (χ4v) is 2.89. The average molecular weight is 259 g/mol. The first-order valence-electron chi connectivity index (χ1n) is 5.68. The molecule has 0 spiro atoms. The van der Waals surface area contributed by atoms with Gasteiger partial charge in [0.2, 0.25) is 0 Å². The maximum Gasteiger partial charge on any atom is 0.191 e. The number of aromatic nitrogens is 2. The Hall–Kier alpha value is -1.88. The van der Waals surface area contributed by atoms with Crippen LogP contribution in [0.25, 0.3) is 10.2 Å². The van der Waals surface area contributed by atoms with Crippen LogP contribution in [0.1, 0.15) is 11.6 Å². The molecule has 0 bridgehead atoms. The standard InChI is InChI=1S/C13H13N3OS/c1-9-15-10(8-17-9)7-16(2)12-3-5-14-11-4-6-18-13(11)12/h3-6,8H,7H2,1-2H3. The second-order valence-corrected chi connectivity index (χ2v) is 5.10. The summed E-state index contributed by atoms with van der Waals surface area (Å²) in [5.41, 5.74) is 3.16. The highest BCUT2D eigenvalue weighted by molar-refractivity contribution is 7.17. The Kier molecular flexibility index (Phi) is 2.76. The van der Waals surface area contributed by atoms with Crippen LogP contribution in [0.3, 0.4) is 0 Å².